The highest BCUT2D eigenvalue weighted by molar-refractivity contribution is 7.49. The number of phosphoric ester groups is 2. The average molecular weight is 775 g/mol. The molecular weight excluding hydrogens is 730 g/mol. The van der Waals surface area contributed by atoms with Gasteiger partial charge in [0.1, 0.15) is 40.8 Å². The van der Waals surface area contributed by atoms with Crippen molar-refractivity contribution >= 4 is 15.6 Å². The first-order chi connectivity index (χ1) is 26.0. The monoisotopic (exact) mass is 774 g/mol. The molecule has 0 spiro atoms. The molecule has 0 radical (unpaired) electrons. The largest absolute Gasteiger partial charge is 0.649 e. The molecule has 4 aromatic rings. The number of fused-ring (bicyclic) bond motifs is 2. The van der Waals surface area contributed by atoms with E-state index in [-0.39, 0.29) is 29.8 Å². The molecule has 1 fully saturated rings. The first-order valence-corrected chi connectivity index (χ1v) is 21.0. The van der Waals surface area contributed by atoms with Crippen molar-refractivity contribution in [3.8, 4) is 23.0 Å². The van der Waals surface area contributed by atoms with E-state index in [1.54, 1.807) is 109 Å². The van der Waals surface area contributed by atoms with Crippen LogP contribution in [0.25, 0.3) is 0 Å². The molecule has 13 heteroatoms. The molecule has 0 aromatic heterocycles. The van der Waals surface area contributed by atoms with Gasteiger partial charge in [-0.25, -0.2) is 0 Å². The number of hydrogen-bond donors (Lipinski definition) is 0. The fourth-order valence-corrected chi connectivity index (χ4v) is 9.19. The van der Waals surface area contributed by atoms with E-state index in [0.29, 0.717) is 48.7 Å². The van der Waals surface area contributed by atoms with E-state index < -0.39 is 33.5 Å². The van der Waals surface area contributed by atoms with Gasteiger partial charge < -0.3 is 41.4 Å². The van der Waals surface area contributed by atoms with Gasteiger partial charge in [-0.3, -0.25) is 0 Å². The lowest BCUT2D eigenvalue weighted by atomic mass is 9.79. The van der Waals surface area contributed by atoms with E-state index in [1.807, 2.05) is 38.1 Å². The average Bonchev–Trinajstić information content (AvgIpc) is 3.27. The highest BCUT2D eigenvalue weighted by atomic mass is 31.2. The Morgan fingerprint density at radius 1 is 0.574 bits per heavy atom. The van der Waals surface area contributed by atoms with Gasteiger partial charge in [0.2, 0.25) is 0 Å². The van der Waals surface area contributed by atoms with Crippen LogP contribution in [-0.4, -0.2) is 23.9 Å². The van der Waals surface area contributed by atoms with E-state index in [0.717, 1.165) is 0 Å². The van der Waals surface area contributed by atoms with Crippen LogP contribution in [0.15, 0.2) is 145 Å². The van der Waals surface area contributed by atoms with Crippen LogP contribution in [0.2, 0.25) is 0 Å². The van der Waals surface area contributed by atoms with Crippen LogP contribution in [0, 0.1) is 11.8 Å². The smallest absolute Gasteiger partial charge is 0.459 e. The standard InChI is InChI=1S/C41H44O11P2/c1-30-24-25-39(51-53(42,47-32-16-8-4-9-17-32)48-33-18-10-5-11-19-33)45-38-28-36-37(46-41(38,3)29-30)26-31(2)27-40(44-36)52-54(43,49-34-20-12-6-13-21-34)50-35-22-14-7-15-23-35/h4-23,25,27,30-31,36-38H,24,26,28-29H2,1-3H3/b39-25+/t30-,31+,36-,37+,38+,41-/m1/s1. The number of para-hydroxylation sites is 4. The number of hydrogen-bond acceptors (Lipinski definition) is 11. The van der Waals surface area contributed by atoms with Gasteiger partial charge in [-0.15, -0.1) is 0 Å². The second-order valence-corrected chi connectivity index (χ2v) is 16.8. The summed E-state index contributed by atoms with van der Waals surface area (Å²) in [5, 5.41) is 0. The Kier molecular flexibility index (Phi) is 11.3. The van der Waals surface area contributed by atoms with Gasteiger partial charge in [0.25, 0.3) is 11.9 Å². The molecule has 7 rings (SSSR count). The number of allylic oxidation sites excluding steroid dienone is 2. The van der Waals surface area contributed by atoms with Gasteiger partial charge in [-0.2, -0.15) is 9.13 Å². The molecule has 6 atom stereocenters. The van der Waals surface area contributed by atoms with Crippen LogP contribution >= 0.6 is 15.6 Å². The van der Waals surface area contributed by atoms with Crippen molar-refractivity contribution in [2.45, 2.75) is 70.4 Å². The molecule has 4 aromatic carbocycles. The minimum Gasteiger partial charge on any atom is -0.459 e. The Hall–Kier alpha value is -4.82. The topological polar surface area (TPSA) is 117 Å². The molecule has 3 aliphatic rings. The molecule has 0 N–H and O–H groups in total. The summed E-state index contributed by atoms with van der Waals surface area (Å²) in [7, 11) is -8.68. The molecule has 284 valence electrons. The van der Waals surface area contributed by atoms with Gasteiger partial charge in [-0.05, 0) is 98.7 Å². The molecule has 0 bridgehead atoms. The number of benzene rings is 4. The molecule has 3 heterocycles. The number of phosphoric acid groups is 2. The van der Waals surface area contributed by atoms with E-state index >= 15 is 0 Å². The highest BCUT2D eigenvalue weighted by Gasteiger charge is 2.52. The lowest BCUT2D eigenvalue weighted by Crippen LogP contribution is -2.57. The van der Waals surface area contributed by atoms with E-state index in [1.165, 1.54) is 0 Å². The van der Waals surface area contributed by atoms with E-state index in [4.69, 9.17) is 41.4 Å². The third kappa shape index (κ3) is 9.64. The minimum absolute atomic E-state index is 0.0129. The van der Waals surface area contributed by atoms with Gasteiger partial charge >= 0.3 is 15.6 Å². The second kappa shape index (κ2) is 16.3. The van der Waals surface area contributed by atoms with Crippen molar-refractivity contribution in [1.29, 1.82) is 0 Å². The summed E-state index contributed by atoms with van der Waals surface area (Å²) in [4.78, 5) is 0. The van der Waals surface area contributed by atoms with Crippen LogP contribution in [-0.2, 0) is 32.4 Å². The number of rotatable bonds is 12. The first kappa shape index (κ1) is 37.5. The van der Waals surface area contributed by atoms with Crippen molar-refractivity contribution < 1.29 is 50.5 Å². The van der Waals surface area contributed by atoms with E-state index in [2.05, 4.69) is 6.92 Å². The second-order valence-electron chi connectivity index (χ2n) is 13.9. The minimum atomic E-state index is -4.34. The third-order valence-corrected chi connectivity index (χ3v) is 11.7. The van der Waals surface area contributed by atoms with Crippen molar-refractivity contribution in [3.63, 3.8) is 0 Å². The summed E-state index contributed by atoms with van der Waals surface area (Å²) in [6.07, 6.45) is 4.11. The zero-order valence-corrected chi connectivity index (χ0v) is 32.1. The van der Waals surface area contributed by atoms with Crippen LogP contribution in [0.3, 0.4) is 0 Å². The molecule has 0 aliphatic carbocycles. The molecule has 54 heavy (non-hydrogen) atoms. The molecule has 0 saturated carbocycles. The SMILES string of the molecule is C[C@@H]1C/C=C(/OP(=O)(Oc2ccccc2)Oc2ccccc2)O[C@H]2C[C@H]3OC(OP(=O)(Oc4ccccc4)Oc4ccccc4)=C[C@@H](C)C[C@@H]3O[C@]2(C)C1. The van der Waals surface area contributed by atoms with Crippen molar-refractivity contribution in [2.75, 3.05) is 0 Å². The lowest BCUT2D eigenvalue weighted by Gasteiger charge is -2.49. The predicted molar refractivity (Wildman–Crippen MR) is 202 cm³/mol. The summed E-state index contributed by atoms with van der Waals surface area (Å²) < 4.78 is 84.3. The molecule has 11 nitrogen and oxygen atoms in total. The Morgan fingerprint density at radius 2 is 1.02 bits per heavy atom. The Balaban J connectivity index is 1.13. The Morgan fingerprint density at radius 3 is 1.48 bits per heavy atom. The first-order valence-electron chi connectivity index (χ1n) is 18.0. The predicted octanol–water partition coefficient (Wildman–Crippen LogP) is 11.0. The van der Waals surface area contributed by atoms with Gasteiger partial charge in [-0.1, -0.05) is 86.6 Å². The zero-order valence-electron chi connectivity index (χ0n) is 30.3. The quantitative estimate of drug-likeness (QED) is 0.128. The fourth-order valence-electron chi connectivity index (χ4n) is 6.79. The number of ether oxygens (including phenoxy) is 3. The Labute approximate surface area is 316 Å². The van der Waals surface area contributed by atoms with Crippen LogP contribution in [0.4, 0.5) is 0 Å². The van der Waals surface area contributed by atoms with Crippen molar-refractivity contribution in [2.24, 2.45) is 11.8 Å². The van der Waals surface area contributed by atoms with Crippen molar-refractivity contribution in [1.82, 2.24) is 0 Å². The summed E-state index contributed by atoms with van der Waals surface area (Å²) in [5.74, 6) is 1.24. The maximum Gasteiger partial charge on any atom is 0.649 e. The summed E-state index contributed by atoms with van der Waals surface area (Å²) in [6.45, 7) is 6.15. The van der Waals surface area contributed by atoms with Crippen molar-refractivity contribution in [3.05, 3.63) is 145 Å². The normalized spacial score (nSPS) is 26.5. The maximum atomic E-state index is 14.4. The molecular formula is C41H44O11P2. The lowest BCUT2D eigenvalue weighted by molar-refractivity contribution is -0.243. The Bertz CT molecular complexity index is 1900. The van der Waals surface area contributed by atoms with Crippen LogP contribution in [0.1, 0.15) is 46.5 Å². The summed E-state index contributed by atoms with van der Waals surface area (Å²) in [6, 6.07) is 34.7. The van der Waals surface area contributed by atoms with Gasteiger partial charge in [0.05, 0.1) is 6.10 Å². The molecule has 1 saturated heterocycles. The summed E-state index contributed by atoms with van der Waals surface area (Å²) in [5.41, 5.74) is -0.773. The van der Waals surface area contributed by atoms with Gasteiger partial charge in [0.15, 0.2) is 0 Å². The van der Waals surface area contributed by atoms with Crippen LogP contribution in [0.5, 0.6) is 23.0 Å². The molecule has 0 amide bonds. The molecule has 3 aliphatic heterocycles. The third-order valence-electron chi connectivity index (χ3n) is 9.20. The molecule has 0 unspecified atom stereocenters. The maximum absolute atomic E-state index is 14.4. The summed E-state index contributed by atoms with van der Waals surface area (Å²) >= 11 is 0. The van der Waals surface area contributed by atoms with Gasteiger partial charge in [0, 0.05) is 6.42 Å². The highest BCUT2D eigenvalue weighted by Crippen LogP contribution is 2.55. The van der Waals surface area contributed by atoms with E-state index in [9.17, 15) is 9.13 Å². The van der Waals surface area contributed by atoms with Crippen LogP contribution < -0.4 is 18.1 Å². The fraction of sp³-hybridized carbons (Fsp3) is 0.317. The zero-order chi connectivity index (χ0) is 37.6.